The highest BCUT2D eigenvalue weighted by molar-refractivity contribution is 5.93. The average molecular weight is 345 g/mol. The van der Waals surface area contributed by atoms with Crippen LogP contribution in [0.2, 0.25) is 0 Å². The van der Waals surface area contributed by atoms with E-state index in [9.17, 15) is 9.18 Å². The summed E-state index contributed by atoms with van der Waals surface area (Å²) in [6.07, 6.45) is 0. The molecule has 5 nitrogen and oxygen atoms in total. The van der Waals surface area contributed by atoms with E-state index in [0.29, 0.717) is 19.8 Å². The monoisotopic (exact) mass is 345 g/mol. The first-order valence-corrected chi connectivity index (χ1v) is 8.31. The Labute approximate surface area is 146 Å². The van der Waals surface area contributed by atoms with Gasteiger partial charge in [-0.1, -0.05) is 12.1 Å². The first-order valence-electron chi connectivity index (χ1n) is 8.31. The Bertz CT molecular complexity index is 766. The smallest absolute Gasteiger partial charge is 0.282 e. The summed E-state index contributed by atoms with van der Waals surface area (Å²) in [6, 6.07) is 11.6. The van der Waals surface area contributed by atoms with E-state index in [0.717, 1.165) is 22.0 Å². The van der Waals surface area contributed by atoms with E-state index in [1.54, 1.807) is 18.2 Å². The molecular formula is C19H22FN2O3+. The quantitative estimate of drug-likeness (QED) is 0.866. The number of carbonyl (C=O) groups excluding carboxylic acids is 1. The number of hydrogen-bond donors (Lipinski definition) is 2. The number of quaternary nitrogens is 1. The summed E-state index contributed by atoms with van der Waals surface area (Å²) in [5.74, 6) is 0.825. The first-order chi connectivity index (χ1) is 12.0. The lowest BCUT2D eigenvalue weighted by molar-refractivity contribution is -0.907. The molecule has 0 bridgehead atoms. The predicted molar refractivity (Wildman–Crippen MR) is 92.5 cm³/mol. The van der Waals surface area contributed by atoms with E-state index in [2.05, 4.69) is 5.32 Å². The van der Waals surface area contributed by atoms with Crippen molar-refractivity contribution in [3.05, 3.63) is 53.8 Å². The summed E-state index contributed by atoms with van der Waals surface area (Å²) in [5.41, 5.74) is 1.25. The number of rotatable bonds is 5. The third-order valence-electron chi connectivity index (χ3n) is 4.35. The molecule has 1 aliphatic rings. The zero-order valence-electron chi connectivity index (χ0n) is 14.3. The highest BCUT2D eigenvalue weighted by Crippen LogP contribution is 2.30. The van der Waals surface area contributed by atoms with E-state index in [1.807, 2.05) is 32.2 Å². The van der Waals surface area contributed by atoms with E-state index in [-0.39, 0.29) is 17.6 Å². The molecule has 0 fully saturated rings. The van der Waals surface area contributed by atoms with Crippen molar-refractivity contribution in [2.45, 2.75) is 19.5 Å². The van der Waals surface area contributed by atoms with Crippen LogP contribution in [0.1, 0.15) is 12.5 Å². The SMILES string of the molecule is C[C@@H](C(=O)Nc1ccccc1F)[NH+](C)Cc1ccc2c(c1)OCCO2. The number of halogens is 1. The Morgan fingerprint density at radius 1 is 1.20 bits per heavy atom. The standard InChI is InChI=1S/C19H21FN2O3/c1-13(19(23)21-16-6-4-3-5-15(16)20)22(2)12-14-7-8-17-18(11-14)25-10-9-24-17/h3-8,11,13H,9-10,12H2,1-2H3,(H,21,23)/p+1/t13-/m0/s1. The molecule has 2 N–H and O–H groups in total. The van der Waals surface area contributed by atoms with Crippen LogP contribution in [0.25, 0.3) is 0 Å². The van der Waals surface area contributed by atoms with Gasteiger partial charge in [0, 0.05) is 5.56 Å². The Hall–Kier alpha value is -2.60. The Kier molecular flexibility index (Phi) is 5.19. The van der Waals surface area contributed by atoms with Crippen molar-refractivity contribution in [2.75, 3.05) is 25.6 Å². The van der Waals surface area contributed by atoms with Crippen LogP contribution in [0, 0.1) is 5.82 Å². The fourth-order valence-electron chi connectivity index (χ4n) is 2.70. The van der Waals surface area contributed by atoms with Gasteiger partial charge < -0.3 is 19.7 Å². The Morgan fingerprint density at radius 2 is 1.92 bits per heavy atom. The topological polar surface area (TPSA) is 52.0 Å². The summed E-state index contributed by atoms with van der Waals surface area (Å²) in [4.78, 5) is 13.4. The zero-order chi connectivity index (χ0) is 17.8. The molecule has 0 saturated carbocycles. The third-order valence-corrected chi connectivity index (χ3v) is 4.35. The molecule has 2 aromatic carbocycles. The molecule has 2 atom stereocenters. The third kappa shape index (κ3) is 4.09. The molecule has 2 aromatic rings. The molecule has 1 heterocycles. The molecule has 25 heavy (non-hydrogen) atoms. The lowest BCUT2D eigenvalue weighted by atomic mass is 10.1. The number of benzene rings is 2. The second kappa shape index (κ2) is 7.53. The normalized spacial score (nSPS) is 15.3. The molecule has 3 rings (SSSR count). The molecule has 0 radical (unpaired) electrons. The van der Waals surface area contributed by atoms with E-state index in [1.165, 1.54) is 6.07 Å². The van der Waals surface area contributed by atoms with E-state index >= 15 is 0 Å². The highest BCUT2D eigenvalue weighted by atomic mass is 19.1. The minimum Gasteiger partial charge on any atom is -0.486 e. The van der Waals surface area contributed by atoms with Gasteiger partial charge in [0.05, 0.1) is 12.7 Å². The molecular weight excluding hydrogens is 323 g/mol. The van der Waals surface area contributed by atoms with Crippen molar-refractivity contribution < 1.29 is 23.6 Å². The van der Waals surface area contributed by atoms with Crippen LogP contribution >= 0.6 is 0 Å². The van der Waals surface area contributed by atoms with E-state index < -0.39 is 5.82 Å². The minimum atomic E-state index is -0.437. The molecule has 0 aromatic heterocycles. The number of likely N-dealkylation sites (N-methyl/N-ethyl adjacent to an activating group) is 1. The molecule has 0 aliphatic carbocycles. The summed E-state index contributed by atoms with van der Waals surface area (Å²) >= 11 is 0. The largest absolute Gasteiger partial charge is 0.486 e. The molecule has 6 heteroatoms. The number of para-hydroxylation sites is 1. The minimum absolute atomic E-state index is 0.200. The Balaban J connectivity index is 1.63. The maximum atomic E-state index is 13.7. The lowest BCUT2D eigenvalue weighted by Crippen LogP contribution is -3.12. The van der Waals surface area contributed by atoms with Gasteiger partial charge in [-0.2, -0.15) is 0 Å². The predicted octanol–water partition coefficient (Wildman–Crippen LogP) is 1.64. The van der Waals surface area contributed by atoms with Crippen molar-refractivity contribution in [3.8, 4) is 11.5 Å². The van der Waals surface area contributed by atoms with Crippen LogP contribution in [0.5, 0.6) is 11.5 Å². The summed E-state index contributed by atoms with van der Waals surface area (Å²) in [5, 5.41) is 2.65. The van der Waals surface area contributed by atoms with Crippen molar-refractivity contribution in [1.29, 1.82) is 0 Å². The van der Waals surface area contributed by atoms with Gasteiger partial charge in [0.25, 0.3) is 5.91 Å². The van der Waals surface area contributed by atoms with Crippen molar-refractivity contribution in [1.82, 2.24) is 0 Å². The molecule has 1 aliphatic heterocycles. The highest BCUT2D eigenvalue weighted by Gasteiger charge is 2.23. The second-order valence-electron chi connectivity index (χ2n) is 6.19. The molecule has 0 saturated heterocycles. The fraction of sp³-hybridized carbons (Fsp3) is 0.316. The van der Waals surface area contributed by atoms with Gasteiger partial charge >= 0.3 is 0 Å². The van der Waals surface area contributed by atoms with Gasteiger partial charge in [0.15, 0.2) is 17.5 Å². The summed E-state index contributed by atoms with van der Waals surface area (Å²) in [7, 11) is 1.93. The molecule has 0 spiro atoms. The lowest BCUT2D eigenvalue weighted by Gasteiger charge is -2.23. The zero-order valence-corrected chi connectivity index (χ0v) is 14.3. The van der Waals surface area contributed by atoms with Crippen LogP contribution in [0.4, 0.5) is 10.1 Å². The van der Waals surface area contributed by atoms with Gasteiger partial charge in [0.1, 0.15) is 25.6 Å². The maximum absolute atomic E-state index is 13.7. The number of fused-ring (bicyclic) bond motifs is 1. The second-order valence-corrected chi connectivity index (χ2v) is 6.19. The van der Waals surface area contributed by atoms with Crippen LogP contribution in [0.15, 0.2) is 42.5 Å². The number of anilines is 1. The van der Waals surface area contributed by atoms with E-state index in [4.69, 9.17) is 9.47 Å². The average Bonchev–Trinajstić information content (AvgIpc) is 2.62. The van der Waals surface area contributed by atoms with Crippen LogP contribution in [-0.4, -0.2) is 32.2 Å². The number of amides is 1. The van der Waals surface area contributed by atoms with Crippen molar-refractivity contribution in [3.63, 3.8) is 0 Å². The van der Waals surface area contributed by atoms with Gasteiger partial charge in [-0.15, -0.1) is 0 Å². The molecule has 1 unspecified atom stereocenters. The van der Waals surface area contributed by atoms with Gasteiger partial charge in [-0.25, -0.2) is 4.39 Å². The van der Waals surface area contributed by atoms with Crippen molar-refractivity contribution >= 4 is 11.6 Å². The van der Waals surface area contributed by atoms with Crippen LogP contribution < -0.4 is 19.7 Å². The van der Waals surface area contributed by atoms with Gasteiger partial charge in [0.2, 0.25) is 0 Å². The van der Waals surface area contributed by atoms with Crippen molar-refractivity contribution in [2.24, 2.45) is 0 Å². The summed E-state index contributed by atoms with van der Waals surface area (Å²) in [6.45, 7) is 3.57. The maximum Gasteiger partial charge on any atom is 0.282 e. The number of nitrogens with one attached hydrogen (secondary N) is 2. The molecule has 1 amide bonds. The number of ether oxygens (including phenoxy) is 2. The fourth-order valence-corrected chi connectivity index (χ4v) is 2.70. The van der Waals surface area contributed by atoms with Gasteiger partial charge in [-0.3, -0.25) is 4.79 Å². The number of carbonyl (C=O) groups is 1. The molecule has 132 valence electrons. The van der Waals surface area contributed by atoms with Gasteiger partial charge in [-0.05, 0) is 37.3 Å². The summed E-state index contributed by atoms with van der Waals surface area (Å²) < 4.78 is 24.8. The Morgan fingerprint density at radius 3 is 2.68 bits per heavy atom. The first kappa shape index (κ1) is 17.2. The number of hydrogen-bond acceptors (Lipinski definition) is 3. The van der Waals surface area contributed by atoms with Crippen LogP contribution in [0.3, 0.4) is 0 Å². The van der Waals surface area contributed by atoms with Crippen LogP contribution in [-0.2, 0) is 11.3 Å².